The second kappa shape index (κ2) is 7.41. The fourth-order valence-electron chi connectivity index (χ4n) is 1.88. The van der Waals surface area contributed by atoms with E-state index >= 15 is 0 Å². The first-order valence-electron chi connectivity index (χ1n) is 6.90. The molecule has 5 heteroatoms. The molecule has 0 fully saturated rings. The third kappa shape index (κ3) is 4.32. The maximum atomic E-state index is 5.93. The first kappa shape index (κ1) is 15.0. The van der Waals surface area contributed by atoms with Crippen LogP contribution in [-0.2, 0) is 4.74 Å². The van der Waals surface area contributed by atoms with Crippen molar-refractivity contribution in [2.75, 3.05) is 25.1 Å². The second-order valence-corrected chi connectivity index (χ2v) is 5.45. The van der Waals surface area contributed by atoms with Gasteiger partial charge in [-0.15, -0.1) is 0 Å². The highest BCUT2D eigenvalue weighted by Gasteiger charge is 2.05. The summed E-state index contributed by atoms with van der Waals surface area (Å²) in [4.78, 5) is 8.45. The predicted molar refractivity (Wildman–Crippen MR) is 83.3 cm³/mol. The molecule has 0 spiro atoms. The SMILES string of the molecule is CC(C)COCCCNc1nc(Cl)nc2ccccc12. The lowest BCUT2D eigenvalue weighted by molar-refractivity contribution is 0.110. The van der Waals surface area contributed by atoms with Crippen LogP contribution in [0.25, 0.3) is 10.9 Å². The number of nitrogens with one attached hydrogen (secondary N) is 1. The van der Waals surface area contributed by atoms with Crippen molar-refractivity contribution in [3.63, 3.8) is 0 Å². The van der Waals surface area contributed by atoms with Crippen molar-refractivity contribution in [2.45, 2.75) is 20.3 Å². The summed E-state index contributed by atoms with van der Waals surface area (Å²) in [7, 11) is 0. The Kier molecular flexibility index (Phi) is 5.56. The van der Waals surface area contributed by atoms with Crippen molar-refractivity contribution in [3.05, 3.63) is 29.5 Å². The quantitative estimate of drug-likeness (QED) is 0.624. The van der Waals surface area contributed by atoms with Crippen LogP contribution < -0.4 is 5.32 Å². The average Bonchev–Trinajstić information content (AvgIpc) is 2.42. The Morgan fingerprint density at radius 2 is 2.05 bits per heavy atom. The van der Waals surface area contributed by atoms with Gasteiger partial charge in [0.25, 0.3) is 0 Å². The number of anilines is 1. The van der Waals surface area contributed by atoms with Crippen molar-refractivity contribution < 1.29 is 4.74 Å². The van der Waals surface area contributed by atoms with Crippen LogP contribution in [0.15, 0.2) is 24.3 Å². The van der Waals surface area contributed by atoms with E-state index in [0.717, 1.165) is 42.9 Å². The molecule has 0 aliphatic carbocycles. The van der Waals surface area contributed by atoms with Gasteiger partial charge in [-0.3, -0.25) is 0 Å². The molecule has 0 atom stereocenters. The highest BCUT2D eigenvalue weighted by molar-refractivity contribution is 6.28. The molecule has 0 amide bonds. The van der Waals surface area contributed by atoms with Gasteiger partial charge in [-0.25, -0.2) is 9.97 Å². The number of aromatic nitrogens is 2. The molecule has 0 aliphatic heterocycles. The molecule has 2 rings (SSSR count). The van der Waals surface area contributed by atoms with Gasteiger partial charge in [0.2, 0.25) is 5.28 Å². The Hall–Kier alpha value is -1.39. The standard InChI is InChI=1S/C15H20ClN3O/c1-11(2)10-20-9-5-8-17-14-12-6-3-4-7-13(12)18-15(16)19-14/h3-4,6-7,11H,5,8-10H2,1-2H3,(H,17,18,19). The third-order valence-corrected chi connectivity index (χ3v) is 2.95. The van der Waals surface area contributed by atoms with Gasteiger partial charge in [0.15, 0.2) is 0 Å². The van der Waals surface area contributed by atoms with E-state index in [4.69, 9.17) is 16.3 Å². The molecule has 1 aromatic carbocycles. The van der Waals surface area contributed by atoms with Crippen LogP contribution in [0.4, 0.5) is 5.82 Å². The number of nitrogens with zero attached hydrogens (tertiary/aromatic N) is 2. The van der Waals surface area contributed by atoms with Crippen molar-refractivity contribution in [2.24, 2.45) is 5.92 Å². The zero-order valence-corrected chi connectivity index (χ0v) is 12.7. The van der Waals surface area contributed by atoms with Gasteiger partial charge >= 0.3 is 0 Å². The largest absolute Gasteiger partial charge is 0.381 e. The summed E-state index contributed by atoms with van der Waals surface area (Å²) in [5.74, 6) is 1.36. The maximum Gasteiger partial charge on any atom is 0.224 e. The van der Waals surface area contributed by atoms with E-state index in [1.807, 2.05) is 24.3 Å². The molecule has 0 unspecified atom stereocenters. The summed E-state index contributed by atoms with van der Waals surface area (Å²) in [5.41, 5.74) is 0.853. The molecule has 1 N–H and O–H groups in total. The molecule has 0 radical (unpaired) electrons. The molecule has 0 aliphatic rings. The van der Waals surface area contributed by atoms with Crippen molar-refractivity contribution in [1.82, 2.24) is 9.97 Å². The highest BCUT2D eigenvalue weighted by Crippen LogP contribution is 2.21. The molecule has 0 saturated carbocycles. The smallest absolute Gasteiger partial charge is 0.224 e. The summed E-state index contributed by atoms with van der Waals surface area (Å²) >= 11 is 5.93. The molecule has 108 valence electrons. The summed E-state index contributed by atoms with van der Waals surface area (Å²) in [5, 5.41) is 4.55. The van der Waals surface area contributed by atoms with Gasteiger partial charge in [0, 0.05) is 25.1 Å². The van der Waals surface area contributed by atoms with Gasteiger partial charge in [-0.05, 0) is 36.1 Å². The van der Waals surface area contributed by atoms with E-state index in [2.05, 4.69) is 29.1 Å². The summed E-state index contributed by atoms with van der Waals surface area (Å²) in [6, 6.07) is 7.83. The summed E-state index contributed by atoms with van der Waals surface area (Å²) in [6.45, 7) is 6.65. The van der Waals surface area contributed by atoms with Gasteiger partial charge in [-0.1, -0.05) is 26.0 Å². The Morgan fingerprint density at radius 3 is 2.85 bits per heavy atom. The van der Waals surface area contributed by atoms with Crippen LogP contribution in [0.1, 0.15) is 20.3 Å². The highest BCUT2D eigenvalue weighted by atomic mass is 35.5. The van der Waals surface area contributed by atoms with E-state index in [-0.39, 0.29) is 5.28 Å². The Bertz CT molecular complexity index is 560. The number of para-hydroxylation sites is 1. The predicted octanol–water partition coefficient (Wildman–Crippen LogP) is 3.76. The first-order chi connectivity index (χ1) is 9.66. The third-order valence-electron chi connectivity index (χ3n) is 2.79. The Morgan fingerprint density at radius 1 is 1.25 bits per heavy atom. The van der Waals surface area contributed by atoms with E-state index in [0.29, 0.717) is 5.92 Å². The fourth-order valence-corrected chi connectivity index (χ4v) is 2.06. The van der Waals surface area contributed by atoms with Crippen LogP contribution >= 0.6 is 11.6 Å². The first-order valence-corrected chi connectivity index (χ1v) is 7.28. The van der Waals surface area contributed by atoms with Crippen LogP contribution in [0.2, 0.25) is 5.28 Å². The summed E-state index contributed by atoms with van der Waals surface area (Å²) in [6.07, 6.45) is 0.933. The van der Waals surface area contributed by atoms with Gasteiger partial charge < -0.3 is 10.1 Å². The van der Waals surface area contributed by atoms with Crippen molar-refractivity contribution in [3.8, 4) is 0 Å². The number of rotatable bonds is 7. The number of hydrogen-bond donors (Lipinski definition) is 1. The van der Waals surface area contributed by atoms with Gasteiger partial charge in [0.1, 0.15) is 5.82 Å². The van der Waals surface area contributed by atoms with Gasteiger partial charge in [0.05, 0.1) is 5.52 Å². The molecule has 2 aromatic rings. The summed E-state index contributed by atoms with van der Waals surface area (Å²) < 4.78 is 5.55. The molecule has 1 aromatic heterocycles. The molecule has 1 heterocycles. The van der Waals surface area contributed by atoms with Crippen LogP contribution in [0.5, 0.6) is 0 Å². The Balaban J connectivity index is 1.90. The number of fused-ring (bicyclic) bond motifs is 1. The number of benzene rings is 1. The minimum atomic E-state index is 0.266. The van der Waals surface area contributed by atoms with Crippen molar-refractivity contribution >= 4 is 28.3 Å². The molecule has 20 heavy (non-hydrogen) atoms. The van der Waals surface area contributed by atoms with E-state index in [1.54, 1.807) is 0 Å². The van der Waals surface area contributed by atoms with Gasteiger partial charge in [-0.2, -0.15) is 0 Å². The van der Waals surface area contributed by atoms with Crippen LogP contribution in [-0.4, -0.2) is 29.7 Å². The topological polar surface area (TPSA) is 47.0 Å². The lowest BCUT2D eigenvalue weighted by Gasteiger charge is -2.10. The lowest BCUT2D eigenvalue weighted by atomic mass is 10.2. The lowest BCUT2D eigenvalue weighted by Crippen LogP contribution is -2.09. The molecular formula is C15H20ClN3O. The number of ether oxygens (including phenoxy) is 1. The normalized spacial score (nSPS) is 11.2. The minimum Gasteiger partial charge on any atom is -0.381 e. The molecule has 0 saturated heterocycles. The van der Waals surface area contributed by atoms with Crippen molar-refractivity contribution in [1.29, 1.82) is 0 Å². The average molecular weight is 294 g/mol. The van der Waals surface area contributed by atoms with Crippen LogP contribution in [0, 0.1) is 5.92 Å². The van der Waals surface area contributed by atoms with E-state index < -0.39 is 0 Å². The van der Waals surface area contributed by atoms with Crippen LogP contribution in [0.3, 0.4) is 0 Å². The zero-order chi connectivity index (χ0) is 14.4. The molecule has 4 nitrogen and oxygen atoms in total. The Labute approximate surface area is 124 Å². The second-order valence-electron chi connectivity index (χ2n) is 5.11. The monoisotopic (exact) mass is 293 g/mol. The maximum absolute atomic E-state index is 5.93. The fraction of sp³-hybridized carbons (Fsp3) is 0.467. The molecule has 0 bridgehead atoms. The number of halogens is 1. The van der Waals surface area contributed by atoms with E-state index in [1.165, 1.54) is 0 Å². The zero-order valence-electron chi connectivity index (χ0n) is 11.9. The number of hydrogen-bond acceptors (Lipinski definition) is 4. The van der Waals surface area contributed by atoms with E-state index in [9.17, 15) is 0 Å². The minimum absolute atomic E-state index is 0.266. The molecular weight excluding hydrogens is 274 g/mol.